The molecule has 1 fully saturated rings. The van der Waals surface area contributed by atoms with Gasteiger partial charge >= 0.3 is 0 Å². The third-order valence-corrected chi connectivity index (χ3v) is 4.58. The molecule has 1 aliphatic rings. The van der Waals surface area contributed by atoms with E-state index in [4.69, 9.17) is 8.92 Å². The summed E-state index contributed by atoms with van der Waals surface area (Å²) in [5, 5.41) is 19.3. The first kappa shape index (κ1) is 15.4. The topological polar surface area (TPSA) is 93.1 Å². The van der Waals surface area contributed by atoms with Gasteiger partial charge in [0.25, 0.3) is 10.1 Å². The lowest BCUT2D eigenvalue weighted by Crippen LogP contribution is -2.48. The minimum absolute atomic E-state index is 0.0175. The summed E-state index contributed by atoms with van der Waals surface area (Å²) in [6.07, 6.45) is -4.08. The monoisotopic (exact) mass is 302 g/mol. The van der Waals surface area contributed by atoms with Gasteiger partial charge in [-0.05, 0) is 26.0 Å². The Hall–Kier alpha value is -0.990. The number of hydrogen-bond donors (Lipinski definition) is 2. The van der Waals surface area contributed by atoms with Crippen molar-refractivity contribution < 1.29 is 27.6 Å². The molecule has 7 heteroatoms. The van der Waals surface area contributed by atoms with Crippen LogP contribution in [0.2, 0.25) is 0 Å². The molecule has 1 aromatic carbocycles. The second kappa shape index (κ2) is 5.79. The van der Waals surface area contributed by atoms with Crippen LogP contribution in [0.3, 0.4) is 0 Å². The maximum Gasteiger partial charge on any atom is 0.297 e. The lowest BCUT2D eigenvalue weighted by atomic mass is 10.0. The van der Waals surface area contributed by atoms with Crippen molar-refractivity contribution in [3.05, 3.63) is 29.8 Å². The molecule has 0 radical (unpaired) electrons. The van der Waals surface area contributed by atoms with Crippen LogP contribution in [0.1, 0.15) is 18.9 Å². The van der Waals surface area contributed by atoms with E-state index in [9.17, 15) is 18.6 Å². The Morgan fingerprint density at radius 3 is 2.45 bits per heavy atom. The van der Waals surface area contributed by atoms with Gasteiger partial charge in [0, 0.05) is 6.42 Å². The molecule has 0 aliphatic carbocycles. The van der Waals surface area contributed by atoms with Crippen molar-refractivity contribution in [2.24, 2.45) is 0 Å². The molecule has 0 saturated carbocycles. The third-order valence-electron chi connectivity index (χ3n) is 3.23. The second-order valence-electron chi connectivity index (χ2n) is 4.92. The fraction of sp³-hybridized carbons (Fsp3) is 0.538. The van der Waals surface area contributed by atoms with Gasteiger partial charge in [-0.25, -0.2) is 0 Å². The lowest BCUT2D eigenvalue weighted by molar-refractivity contribution is -0.221. The Labute approximate surface area is 118 Å². The highest BCUT2D eigenvalue weighted by Crippen LogP contribution is 2.25. The molecule has 1 aromatic rings. The first-order chi connectivity index (χ1) is 9.29. The molecular formula is C13H18O6S. The Morgan fingerprint density at radius 2 is 1.85 bits per heavy atom. The van der Waals surface area contributed by atoms with Gasteiger partial charge in [-0.2, -0.15) is 8.42 Å². The zero-order valence-corrected chi connectivity index (χ0v) is 12.1. The number of aryl methyl sites for hydroxylation is 1. The number of benzene rings is 1. The Kier molecular flexibility index (Phi) is 4.46. The Balaban J connectivity index is 2.17. The number of aliphatic hydroxyl groups is 2. The van der Waals surface area contributed by atoms with E-state index in [1.165, 1.54) is 12.1 Å². The van der Waals surface area contributed by atoms with Gasteiger partial charge in [-0.15, -0.1) is 0 Å². The number of hydrogen-bond acceptors (Lipinski definition) is 6. The van der Waals surface area contributed by atoms with E-state index < -0.39 is 34.7 Å². The number of ether oxygens (including phenoxy) is 1. The molecule has 0 aromatic heterocycles. The predicted molar refractivity (Wildman–Crippen MR) is 70.4 cm³/mol. The molecule has 1 aliphatic heterocycles. The molecule has 20 heavy (non-hydrogen) atoms. The molecule has 112 valence electrons. The second-order valence-corrected chi connectivity index (χ2v) is 6.50. The van der Waals surface area contributed by atoms with Crippen molar-refractivity contribution in [1.82, 2.24) is 0 Å². The smallest absolute Gasteiger partial charge is 0.297 e. The molecule has 1 heterocycles. The fourth-order valence-corrected chi connectivity index (χ4v) is 3.14. The van der Waals surface area contributed by atoms with E-state index in [0.29, 0.717) is 0 Å². The van der Waals surface area contributed by atoms with Crippen LogP contribution in [0.4, 0.5) is 0 Å². The third kappa shape index (κ3) is 3.36. The van der Waals surface area contributed by atoms with Gasteiger partial charge in [-0.1, -0.05) is 17.7 Å². The maximum atomic E-state index is 12.1. The lowest BCUT2D eigenvalue weighted by Gasteiger charge is -2.34. The average molecular weight is 302 g/mol. The van der Waals surface area contributed by atoms with Gasteiger partial charge < -0.3 is 14.9 Å². The van der Waals surface area contributed by atoms with Crippen molar-refractivity contribution in [2.45, 2.75) is 49.8 Å². The highest BCUT2D eigenvalue weighted by Gasteiger charge is 2.38. The van der Waals surface area contributed by atoms with Gasteiger partial charge in [0.1, 0.15) is 12.2 Å². The van der Waals surface area contributed by atoms with Crippen LogP contribution in [0.25, 0.3) is 0 Å². The van der Waals surface area contributed by atoms with Crippen LogP contribution in [0.15, 0.2) is 29.2 Å². The van der Waals surface area contributed by atoms with E-state index in [1.807, 2.05) is 6.92 Å². The van der Waals surface area contributed by atoms with E-state index in [1.54, 1.807) is 19.1 Å². The summed E-state index contributed by atoms with van der Waals surface area (Å²) in [6.45, 7) is 3.39. The highest BCUT2D eigenvalue weighted by atomic mass is 32.2. The standard InChI is InChI=1S/C13H18O6S/c1-8-3-5-10(6-4-8)20(16,17)19-11-7-12(14)18-9(2)13(11)15/h3-6,9,11-15H,7H2,1-2H3/t9-,11-,12-,13+/m1/s1. The van der Waals surface area contributed by atoms with Gasteiger partial charge in [0.05, 0.1) is 11.0 Å². The van der Waals surface area contributed by atoms with Crippen LogP contribution in [0.5, 0.6) is 0 Å². The molecule has 0 bridgehead atoms. The molecule has 6 nitrogen and oxygen atoms in total. The summed E-state index contributed by atoms with van der Waals surface area (Å²) in [6, 6.07) is 6.20. The summed E-state index contributed by atoms with van der Waals surface area (Å²) >= 11 is 0. The molecule has 0 amide bonds. The van der Waals surface area contributed by atoms with Gasteiger partial charge in [0.2, 0.25) is 0 Å². The quantitative estimate of drug-likeness (QED) is 0.792. The Morgan fingerprint density at radius 1 is 1.25 bits per heavy atom. The SMILES string of the molecule is Cc1ccc(S(=O)(=O)O[C@@H]2C[C@H](O)O[C@H](C)[C@@H]2O)cc1. The van der Waals surface area contributed by atoms with Crippen molar-refractivity contribution in [2.75, 3.05) is 0 Å². The first-order valence-corrected chi connectivity index (χ1v) is 7.72. The van der Waals surface area contributed by atoms with E-state index in [0.717, 1.165) is 5.56 Å². The molecule has 2 rings (SSSR count). The van der Waals surface area contributed by atoms with Crippen molar-refractivity contribution in [3.63, 3.8) is 0 Å². The molecule has 0 unspecified atom stereocenters. The van der Waals surface area contributed by atoms with Crippen LogP contribution < -0.4 is 0 Å². The van der Waals surface area contributed by atoms with Crippen molar-refractivity contribution in [3.8, 4) is 0 Å². The highest BCUT2D eigenvalue weighted by molar-refractivity contribution is 7.86. The van der Waals surface area contributed by atoms with E-state index in [-0.39, 0.29) is 11.3 Å². The first-order valence-electron chi connectivity index (χ1n) is 6.31. The van der Waals surface area contributed by atoms with Crippen LogP contribution >= 0.6 is 0 Å². The van der Waals surface area contributed by atoms with E-state index in [2.05, 4.69) is 0 Å². The summed E-state index contributed by atoms with van der Waals surface area (Å²) < 4.78 is 34.3. The summed E-state index contributed by atoms with van der Waals surface area (Å²) in [5.41, 5.74) is 0.930. The molecule has 2 N–H and O–H groups in total. The van der Waals surface area contributed by atoms with Crippen LogP contribution in [-0.2, 0) is 19.0 Å². The zero-order valence-electron chi connectivity index (χ0n) is 11.3. The van der Waals surface area contributed by atoms with Crippen molar-refractivity contribution >= 4 is 10.1 Å². The van der Waals surface area contributed by atoms with Crippen LogP contribution in [0, 0.1) is 6.92 Å². The maximum absolute atomic E-state index is 12.1. The summed E-state index contributed by atoms with van der Waals surface area (Å²) in [5.74, 6) is 0. The van der Waals surface area contributed by atoms with E-state index >= 15 is 0 Å². The van der Waals surface area contributed by atoms with Gasteiger partial charge in [0.15, 0.2) is 6.29 Å². The zero-order chi connectivity index (χ0) is 14.9. The Bertz CT molecular complexity index is 553. The predicted octanol–water partition coefficient (Wildman–Crippen LogP) is 0.557. The number of rotatable bonds is 3. The summed E-state index contributed by atoms with van der Waals surface area (Å²) in [4.78, 5) is 0.0175. The molecule has 0 spiro atoms. The molecular weight excluding hydrogens is 284 g/mol. The average Bonchev–Trinajstić information content (AvgIpc) is 2.35. The minimum atomic E-state index is -3.98. The number of aliphatic hydroxyl groups excluding tert-OH is 2. The molecule has 1 saturated heterocycles. The van der Waals surface area contributed by atoms with Crippen LogP contribution in [-0.4, -0.2) is 43.2 Å². The van der Waals surface area contributed by atoms with Gasteiger partial charge in [-0.3, -0.25) is 4.18 Å². The minimum Gasteiger partial charge on any atom is -0.388 e. The summed E-state index contributed by atoms with van der Waals surface area (Å²) in [7, 11) is -3.98. The van der Waals surface area contributed by atoms with Crippen molar-refractivity contribution in [1.29, 1.82) is 0 Å². The largest absolute Gasteiger partial charge is 0.388 e. The fourth-order valence-electron chi connectivity index (χ4n) is 2.04. The molecule has 4 atom stereocenters. The normalized spacial score (nSPS) is 31.2.